The second-order valence-electron chi connectivity index (χ2n) is 7.44. The van der Waals surface area contributed by atoms with E-state index in [-0.39, 0.29) is 11.9 Å². The number of nitriles is 1. The van der Waals surface area contributed by atoms with Gasteiger partial charge in [-0.2, -0.15) is 5.26 Å². The molecule has 0 aliphatic carbocycles. The zero-order valence-corrected chi connectivity index (χ0v) is 15.5. The van der Waals surface area contributed by atoms with E-state index in [2.05, 4.69) is 33.4 Å². The first kappa shape index (κ1) is 17.7. The minimum Gasteiger partial charge on any atom is -0.382 e. The van der Waals surface area contributed by atoms with Crippen LogP contribution < -0.4 is 5.32 Å². The Bertz CT molecular complexity index is 848. The van der Waals surface area contributed by atoms with Crippen molar-refractivity contribution in [3.8, 4) is 6.07 Å². The molecule has 6 heteroatoms. The molecular formula is C21H25N5O. The van der Waals surface area contributed by atoms with Gasteiger partial charge in [0.1, 0.15) is 6.04 Å². The van der Waals surface area contributed by atoms with Gasteiger partial charge in [-0.05, 0) is 49.9 Å². The average molecular weight is 363 g/mol. The number of carbonyl (C=O) groups excluding carboxylic acids is 1. The topological polar surface area (TPSA) is 72.3 Å². The molecule has 6 nitrogen and oxygen atoms in total. The van der Waals surface area contributed by atoms with E-state index in [9.17, 15) is 10.1 Å². The molecule has 0 unspecified atom stereocenters. The van der Waals surface area contributed by atoms with E-state index < -0.39 is 0 Å². The van der Waals surface area contributed by atoms with Crippen LogP contribution in [0.25, 0.3) is 10.9 Å². The fourth-order valence-corrected chi connectivity index (χ4v) is 4.17. The molecule has 0 saturated carbocycles. The van der Waals surface area contributed by atoms with Crippen LogP contribution in [-0.4, -0.2) is 59.0 Å². The molecule has 2 saturated heterocycles. The first-order valence-electron chi connectivity index (χ1n) is 9.76. The van der Waals surface area contributed by atoms with Crippen molar-refractivity contribution in [2.45, 2.75) is 37.8 Å². The second kappa shape index (κ2) is 7.93. The number of anilines is 1. The highest BCUT2D eigenvalue weighted by Gasteiger charge is 2.30. The molecule has 1 amide bonds. The number of nitrogens with one attached hydrogen (secondary N) is 1. The maximum atomic E-state index is 12.5. The standard InChI is InChI=1S/C21H25N5O/c22-14-17-4-3-11-26(17)21(27)15-25-12-8-16(9-13-25)24-20-7-1-6-19-18(20)5-2-10-23-19/h1-2,5-7,10,16-17,24H,3-4,8-9,11-13,15H2/t17-/m0/s1. The molecule has 2 aliphatic heterocycles. The Morgan fingerprint density at radius 1 is 1.19 bits per heavy atom. The first-order chi connectivity index (χ1) is 13.2. The molecule has 1 atom stereocenters. The number of hydrogen-bond acceptors (Lipinski definition) is 5. The molecule has 0 spiro atoms. The van der Waals surface area contributed by atoms with Gasteiger partial charge in [-0.25, -0.2) is 0 Å². The monoisotopic (exact) mass is 363 g/mol. The Morgan fingerprint density at radius 2 is 2.04 bits per heavy atom. The van der Waals surface area contributed by atoms with Crippen LogP contribution in [-0.2, 0) is 4.79 Å². The first-order valence-corrected chi connectivity index (χ1v) is 9.76. The smallest absolute Gasteiger partial charge is 0.237 e. The molecule has 1 aromatic heterocycles. The Labute approximate surface area is 159 Å². The molecule has 1 N–H and O–H groups in total. The van der Waals surface area contributed by atoms with Crippen molar-refractivity contribution in [1.82, 2.24) is 14.8 Å². The van der Waals surface area contributed by atoms with Gasteiger partial charge >= 0.3 is 0 Å². The summed E-state index contributed by atoms with van der Waals surface area (Å²) in [6.45, 7) is 2.96. The number of carbonyl (C=O) groups is 1. The highest BCUT2D eigenvalue weighted by Crippen LogP contribution is 2.24. The quantitative estimate of drug-likeness (QED) is 0.904. The van der Waals surface area contributed by atoms with E-state index in [0.29, 0.717) is 12.6 Å². The minimum atomic E-state index is -0.225. The molecule has 2 fully saturated rings. The summed E-state index contributed by atoms with van der Waals surface area (Å²) in [5.74, 6) is 0.102. The van der Waals surface area contributed by atoms with Gasteiger partial charge in [-0.1, -0.05) is 6.07 Å². The molecule has 140 valence electrons. The van der Waals surface area contributed by atoms with E-state index in [4.69, 9.17) is 0 Å². The molecule has 1 aromatic carbocycles. The lowest BCUT2D eigenvalue weighted by Gasteiger charge is -2.33. The summed E-state index contributed by atoms with van der Waals surface area (Å²) >= 11 is 0. The number of nitrogens with zero attached hydrogens (tertiary/aromatic N) is 4. The number of benzene rings is 1. The van der Waals surface area contributed by atoms with E-state index >= 15 is 0 Å². The minimum absolute atomic E-state index is 0.102. The Morgan fingerprint density at radius 3 is 2.85 bits per heavy atom. The van der Waals surface area contributed by atoms with Crippen LogP contribution in [0, 0.1) is 11.3 Å². The summed E-state index contributed by atoms with van der Waals surface area (Å²) in [4.78, 5) is 20.9. The Balaban J connectivity index is 1.31. The third-order valence-corrected chi connectivity index (χ3v) is 5.67. The average Bonchev–Trinajstić information content (AvgIpc) is 3.19. The van der Waals surface area contributed by atoms with Crippen molar-refractivity contribution in [2.24, 2.45) is 0 Å². The van der Waals surface area contributed by atoms with Gasteiger partial charge in [-0.15, -0.1) is 0 Å². The fourth-order valence-electron chi connectivity index (χ4n) is 4.17. The van der Waals surface area contributed by atoms with Crippen molar-refractivity contribution in [2.75, 3.05) is 31.5 Å². The third-order valence-electron chi connectivity index (χ3n) is 5.67. The van der Waals surface area contributed by atoms with Crippen LogP contribution in [0.3, 0.4) is 0 Å². The summed E-state index contributed by atoms with van der Waals surface area (Å²) in [7, 11) is 0. The van der Waals surface area contributed by atoms with E-state index in [1.165, 1.54) is 0 Å². The molecule has 3 heterocycles. The summed E-state index contributed by atoms with van der Waals surface area (Å²) in [6.07, 6.45) is 5.58. The predicted octanol–water partition coefficient (Wildman–Crippen LogP) is 2.63. The molecule has 4 rings (SSSR count). The van der Waals surface area contributed by atoms with Crippen LogP contribution in [0.1, 0.15) is 25.7 Å². The number of hydrogen-bond donors (Lipinski definition) is 1. The maximum Gasteiger partial charge on any atom is 0.237 e. The van der Waals surface area contributed by atoms with Gasteiger partial charge in [0.2, 0.25) is 5.91 Å². The van der Waals surface area contributed by atoms with Gasteiger partial charge in [-0.3, -0.25) is 14.7 Å². The molecule has 2 aliphatic rings. The molecule has 0 bridgehead atoms. The number of aromatic nitrogens is 1. The summed E-state index contributed by atoms with van der Waals surface area (Å²) in [5.41, 5.74) is 2.13. The SMILES string of the molecule is N#C[C@@H]1CCCN1C(=O)CN1CCC(Nc2cccc3ncccc23)CC1. The normalized spacial score (nSPS) is 21.3. The highest BCUT2D eigenvalue weighted by molar-refractivity contribution is 5.91. The van der Waals surface area contributed by atoms with Crippen molar-refractivity contribution < 1.29 is 4.79 Å². The molecule has 2 aromatic rings. The second-order valence-corrected chi connectivity index (χ2v) is 7.44. The van der Waals surface area contributed by atoms with Crippen LogP contribution in [0.15, 0.2) is 36.5 Å². The van der Waals surface area contributed by atoms with Crippen LogP contribution in [0.5, 0.6) is 0 Å². The maximum absolute atomic E-state index is 12.5. The fraction of sp³-hybridized carbons (Fsp3) is 0.476. The van der Waals surface area contributed by atoms with Crippen molar-refractivity contribution in [3.63, 3.8) is 0 Å². The summed E-state index contributed by atoms with van der Waals surface area (Å²) < 4.78 is 0. The van der Waals surface area contributed by atoms with Crippen LogP contribution in [0.2, 0.25) is 0 Å². The van der Waals surface area contributed by atoms with E-state index in [0.717, 1.165) is 61.9 Å². The molecular weight excluding hydrogens is 338 g/mol. The van der Waals surface area contributed by atoms with Crippen LogP contribution >= 0.6 is 0 Å². The van der Waals surface area contributed by atoms with Crippen molar-refractivity contribution in [1.29, 1.82) is 5.26 Å². The number of amides is 1. The lowest BCUT2D eigenvalue weighted by Crippen LogP contribution is -2.46. The van der Waals surface area contributed by atoms with Gasteiger partial charge in [0.15, 0.2) is 0 Å². The lowest BCUT2D eigenvalue weighted by atomic mass is 10.0. The Kier molecular flexibility index (Phi) is 5.21. The van der Waals surface area contributed by atoms with Crippen molar-refractivity contribution >= 4 is 22.5 Å². The van der Waals surface area contributed by atoms with Gasteiger partial charge in [0.25, 0.3) is 0 Å². The van der Waals surface area contributed by atoms with E-state index in [1.54, 1.807) is 4.90 Å². The summed E-state index contributed by atoms with van der Waals surface area (Å²) in [5, 5.41) is 14.0. The summed E-state index contributed by atoms with van der Waals surface area (Å²) in [6, 6.07) is 12.7. The van der Waals surface area contributed by atoms with Gasteiger partial charge in [0.05, 0.1) is 18.1 Å². The zero-order chi connectivity index (χ0) is 18.6. The Hall–Kier alpha value is -2.65. The van der Waals surface area contributed by atoms with Gasteiger partial charge < -0.3 is 10.2 Å². The molecule has 27 heavy (non-hydrogen) atoms. The number of fused-ring (bicyclic) bond motifs is 1. The third kappa shape index (κ3) is 3.88. The largest absolute Gasteiger partial charge is 0.382 e. The number of likely N-dealkylation sites (tertiary alicyclic amines) is 2. The highest BCUT2D eigenvalue weighted by atomic mass is 16.2. The number of pyridine rings is 1. The predicted molar refractivity (Wildman–Crippen MR) is 105 cm³/mol. The number of rotatable bonds is 4. The van der Waals surface area contributed by atoms with Crippen molar-refractivity contribution in [3.05, 3.63) is 36.5 Å². The van der Waals surface area contributed by atoms with Gasteiger partial charge in [0, 0.05) is 42.9 Å². The number of piperidine rings is 1. The molecule has 0 radical (unpaired) electrons. The lowest BCUT2D eigenvalue weighted by molar-refractivity contribution is -0.132. The van der Waals surface area contributed by atoms with E-state index in [1.807, 2.05) is 24.4 Å². The van der Waals surface area contributed by atoms with Crippen LogP contribution in [0.4, 0.5) is 5.69 Å². The zero-order valence-electron chi connectivity index (χ0n) is 15.5.